The van der Waals surface area contributed by atoms with Crippen molar-refractivity contribution in [3.8, 4) is 0 Å². The fourth-order valence-electron chi connectivity index (χ4n) is 3.98. The van der Waals surface area contributed by atoms with E-state index in [0.29, 0.717) is 31.5 Å². The molecule has 0 N–H and O–H groups in total. The lowest BCUT2D eigenvalue weighted by molar-refractivity contribution is -0.138. The first-order chi connectivity index (χ1) is 13.2. The summed E-state index contributed by atoms with van der Waals surface area (Å²) in [4.78, 5) is 28.3. The van der Waals surface area contributed by atoms with Crippen molar-refractivity contribution in [3.63, 3.8) is 0 Å². The monoisotopic (exact) mass is 374 g/mol. The van der Waals surface area contributed by atoms with Gasteiger partial charge in [0.1, 0.15) is 6.61 Å². The number of hydrogen-bond donors (Lipinski definition) is 0. The predicted molar refractivity (Wildman–Crippen MR) is 102 cm³/mol. The van der Waals surface area contributed by atoms with E-state index in [-0.39, 0.29) is 18.4 Å². The molecule has 0 aliphatic carbocycles. The van der Waals surface area contributed by atoms with Crippen molar-refractivity contribution in [2.24, 2.45) is 11.8 Å². The van der Waals surface area contributed by atoms with Gasteiger partial charge in [0.2, 0.25) is 11.8 Å². The molecule has 6 heteroatoms. The van der Waals surface area contributed by atoms with Gasteiger partial charge in [-0.3, -0.25) is 9.59 Å². The number of nitrogens with zero attached hydrogens (tertiary/aromatic N) is 2. The molecule has 0 bridgehead atoms. The van der Waals surface area contributed by atoms with E-state index in [2.05, 4.69) is 0 Å². The van der Waals surface area contributed by atoms with Gasteiger partial charge in [0, 0.05) is 45.6 Å². The molecule has 2 saturated heterocycles. The topological polar surface area (TPSA) is 59.1 Å². The van der Waals surface area contributed by atoms with Gasteiger partial charge in [0.25, 0.3) is 0 Å². The first-order valence-corrected chi connectivity index (χ1v) is 9.82. The number of hydrogen-bond acceptors (Lipinski definition) is 4. The Morgan fingerprint density at radius 1 is 1.15 bits per heavy atom. The number of carbonyl (C=O) groups excluding carboxylic acids is 2. The van der Waals surface area contributed by atoms with Crippen molar-refractivity contribution in [1.82, 2.24) is 9.80 Å². The average Bonchev–Trinajstić information content (AvgIpc) is 3.02. The number of rotatable bonds is 8. The van der Waals surface area contributed by atoms with Crippen LogP contribution < -0.4 is 0 Å². The van der Waals surface area contributed by atoms with Gasteiger partial charge in [0.05, 0.1) is 13.2 Å². The minimum Gasteiger partial charge on any atom is -0.384 e. The Hall–Kier alpha value is -1.92. The molecule has 2 amide bonds. The second-order valence-corrected chi connectivity index (χ2v) is 7.63. The van der Waals surface area contributed by atoms with E-state index in [9.17, 15) is 9.59 Å². The largest absolute Gasteiger partial charge is 0.384 e. The predicted octanol–water partition coefficient (Wildman–Crippen LogP) is 1.94. The summed E-state index contributed by atoms with van der Waals surface area (Å²) >= 11 is 0. The minimum atomic E-state index is 0.0572. The van der Waals surface area contributed by atoms with Crippen LogP contribution >= 0.6 is 0 Å². The van der Waals surface area contributed by atoms with Crippen LogP contribution in [0.3, 0.4) is 0 Å². The summed E-state index contributed by atoms with van der Waals surface area (Å²) in [5.74, 6) is 1.10. The van der Waals surface area contributed by atoms with Crippen LogP contribution in [0.25, 0.3) is 0 Å². The summed E-state index contributed by atoms with van der Waals surface area (Å²) in [5.41, 5.74) is 1.08. The molecule has 0 radical (unpaired) electrons. The molecule has 1 aromatic rings. The van der Waals surface area contributed by atoms with Gasteiger partial charge < -0.3 is 19.3 Å². The van der Waals surface area contributed by atoms with Crippen LogP contribution in [0.15, 0.2) is 30.3 Å². The second kappa shape index (κ2) is 9.85. The highest BCUT2D eigenvalue weighted by Gasteiger charge is 2.32. The Kier molecular flexibility index (Phi) is 7.24. The van der Waals surface area contributed by atoms with Crippen LogP contribution in [0, 0.1) is 11.8 Å². The fourth-order valence-corrected chi connectivity index (χ4v) is 3.98. The van der Waals surface area contributed by atoms with E-state index in [1.165, 1.54) is 0 Å². The van der Waals surface area contributed by atoms with E-state index in [1.54, 1.807) is 7.11 Å². The first-order valence-electron chi connectivity index (χ1n) is 9.82. The Bertz CT molecular complexity index is 614. The maximum atomic E-state index is 12.3. The standard InChI is InChI=1S/C21H30N2O4/c1-26-14-19-11-20(24)23(13-19)12-17-7-9-22(10-8-17)21(25)16-27-15-18-5-3-2-4-6-18/h2-6,17,19H,7-16H2,1H3. The molecule has 0 saturated carbocycles. The Labute approximate surface area is 161 Å². The molecule has 1 unspecified atom stereocenters. The quantitative estimate of drug-likeness (QED) is 0.698. The lowest BCUT2D eigenvalue weighted by atomic mass is 9.96. The van der Waals surface area contributed by atoms with Crippen molar-refractivity contribution >= 4 is 11.8 Å². The van der Waals surface area contributed by atoms with Gasteiger partial charge >= 0.3 is 0 Å². The normalized spacial score (nSPS) is 21.1. The number of amides is 2. The van der Waals surface area contributed by atoms with E-state index >= 15 is 0 Å². The van der Waals surface area contributed by atoms with Gasteiger partial charge in [-0.2, -0.15) is 0 Å². The first kappa shape index (κ1) is 19.8. The van der Waals surface area contributed by atoms with Crippen LogP contribution in [0.5, 0.6) is 0 Å². The average molecular weight is 374 g/mol. The number of piperidine rings is 1. The zero-order valence-electron chi connectivity index (χ0n) is 16.1. The highest BCUT2D eigenvalue weighted by molar-refractivity contribution is 5.78. The van der Waals surface area contributed by atoms with Gasteiger partial charge in [-0.1, -0.05) is 30.3 Å². The Balaban J connectivity index is 1.35. The molecule has 0 aromatic heterocycles. The fraction of sp³-hybridized carbons (Fsp3) is 0.619. The minimum absolute atomic E-state index is 0.0572. The second-order valence-electron chi connectivity index (χ2n) is 7.63. The Morgan fingerprint density at radius 3 is 2.59 bits per heavy atom. The summed E-state index contributed by atoms with van der Waals surface area (Å²) in [6, 6.07) is 9.88. The molecule has 2 aliphatic rings. The van der Waals surface area contributed by atoms with Gasteiger partial charge in [-0.25, -0.2) is 0 Å². The summed E-state index contributed by atoms with van der Waals surface area (Å²) in [7, 11) is 1.68. The molecular weight excluding hydrogens is 344 g/mol. The number of likely N-dealkylation sites (tertiary alicyclic amines) is 2. The summed E-state index contributed by atoms with van der Waals surface area (Å²) in [5, 5.41) is 0. The molecule has 6 nitrogen and oxygen atoms in total. The van der Waals surface area contributed by atoms with Crippen LogP contribution in [-0.4, -0.2) is 68.1 Å². The van der Waals surface area contributed by atoms with Crippen molar-refractivity contribution < 1.29 is 19.1 Å². The molecule has 27 heavy (non-hydrogen) atoms. The third-order valence-electron chi connectivity index (χ3n) is 5.48. The Morgan fingerprint density at radius 2 is 1.89 bits per heavy atom. The van der Waals surface area contributed by atoms with Gasteiger partial charge in [0.15, 0.2) is 0 Å². The van der Waals surface area contributed by atoms with Gasteiger partial charge in [-0.15, -0.1) is 0 Å². The SMILES string of the molecule is COCC1CC(=O)N(CC2CCN(C(=O)COCc3ccccc3)CC2)C1. The number of methoxy groups -OCH3 is 1. The van der Waals surface area contributed by atoms with Crippen molar-refractivity contribution in [2.75, 3.05) is 46.5 Å². The number of carbonyl (C=O) groups is 2. The van der Waals surface area contributed by atoms with Crippen molar-refractivity contribution in [1.29, 1.82) is 0 Å². The van der Waals surface area contributed by atoms with Crippen LogP contribution in [0.4, 0.5) is 0 Å². The highest BCUT2D eigenvalue weighted by atomic mass is 16.5. The molecule has 1 atom stereocenters. The molecule has 148 valence electrons. The van der Waals surface area contributed by atoms with E-state index in [0.717, 1.165) is 44.6 Å². The molecule has 2 aliphatic heterocycles. The summed E-state index contributed by atoms with van der Waals surface area (Å²) in [6.45, 7) is 4.36. The third-order valence-corrected chi connectivity index (χ3v) is 5.48. The maximum absolute atomic E-state index is 12.3. The summed E-state index contributed by atoms with van der Waals surface area (Å²) in [6.07, 6.45) is 2.50. The van der Waals surface area contributed by atoms with Crippen LogP contribution in [0.2, 0.25) is 0 Å². The van der Waals surface area contributed by atoms with E-state index in [4.69, 9.17) is 9.47 Å². The van der Waals surface area contributed by atoms with Crippen LogP contribution in [-0.2, 0) is 25.7 Å². The van der Waals surface area contributed by atoms with Crippen molar-refractivity contribution in [2.45, 2.75) is 25.9 Å². The van der Waals surface area contributed by atoms with Crippen LogP contribution in [0.1, 0.15) is 24.8 Å². The molecule has 1 aromatic carbocycles. The highest BCUT2D eigenvalue weighted by Crippen LogP contribution is 2.24. The zero-order valence-corrected chi connectivity index (χ0v) is 16.1. The lowest BCUT2D eigenvalue weighted by Crippen LogP contribution is -2.43. The molecule has 3 rings (SSSR count). The van der Waals surface area contributed by atoms with Crippen molar-refractivity contribution in [3.05, 3.63) is 35.9 Å². The lowest BCUT2D eigenvalue weighted by Gasteiger charge is -2.34. The zero-order chi connectivity index (χ0) is 19.1. The number of ether oxygens (including phenoxy) is 2. The number of benzene rings is 1. The maximum Gasteiger partial charge on any atom is 0.248 e. The molecular formula is C21H30N2O4. The molecule has 2 fully saturated rings. The smallest absolute Gasteiger partial charge is 0.248 e. The molecule has 0 spiro atoms. The van der Waals surface area contributed by atoms with Gasteiger partial charge in [-0.05, 0) is 24.3 Å². The summed E-state index contributed by atoms with van der Waals surface area (Å²) < 4.78 is 10.7. The molecule has 2 heterocycles. The van der Waals surface area contributed by atoms with E-state index < -0.39 is 0 Å². The van der Waals surface area contributed by atoms with E-state index in [1.807, 2.05) is 40.1 Å². The third kappa shape index (κ3) is 5.78.